The first-order valence-corrected chi connectivity index (χ1v) is 7.76. The molecule has 0 radical (unpaired) electrons. The van der Waals surface area contributed by atoms with Gasteiger partial charge in [0.25, 0.3) is 5.91 Å². The summed E-state index contributed by atoms with van der Waals surface area (Å²) in [6, 6.07) is 16.2. The first kappa shape index (κ1) is 15.8. The normalized spacial score (nSPS) is 17.1. The molecule has 1 aliphatic heterocycles. The number of benzene rings is 2. The van der Waals surface area contributed by atoms with E-state index in [4.69, 9.17) is 0 Å². The number of para-hydroxylation sites is 1. The van der Waals surface area contributed by atoms with Gasteiger partial charge in [0.2, 0.25) is 0 Å². The molecule has 2 aromatic rings. The first-order chi connectivity index (χ1) is 11.6. The van der Waals surface area contributed by atoms with Gasteiger partial charge in [-0.2, -0.15) is 0 Å². The van der Waals surface area contributed by atoms with Crippen LogP contribution in [0.5, 0.6) is 0 Å². The molecule has 1 aliphatic rings. The summed E-state index contributed by atoms with van der Waals surface area (Å²) in [6.45, 7) is 3.70. The van der Waals surface area contributed by atoms with Crippen molar-refractivity contribution in [2.45, 2.75) is 19.9 Å². The van der Waals surface area contributed by atoms with Gasteiger partial charge in [0.1, 0.15) is 0 Å². The number of hydrogen-bond acceptors (Lipinski definition) is 2. The van der Waals surface area contributed by atoms with E-state index in [1.807, 2.05) is 61.5 Å². The number of hydrogen-bond donors (Lipinski definition) is 3. The van der Waals surface area contributed by atoms with Gasteiger partial charge in [0.05, 0.1) is 11.6 Å². The molecule has 2 aromatic carbocycles. The molecule has 0 fully saturated rings. The van der Waals surface area contributed by atoms with Crippen molar-refractivity contribution in [3.63, 3.8) is 0 Å². The molecule has 3 amide bonds. The van der Waals surface area contributed by atoms with Crippen molar-refractivity contribution >= 4 is 17.6 Å². The zero-order valence-electron chi connectivity index (χ0n) is 13.6. The number of allylic oxidation sites excluding steroid dienone is 1. The monoisotopic (exact) mass is 321 g/mol. The van der Waals surface area contributed by atoms with E-state index in [0.29, 0.717) is 17.0 Å². The second-order valence-corrected chi connectivity index (χ2v) is 5.75. The summed E-state index contributed by atoms with van der Waals surface area (Å²) in [5.41, 5.74) is 3.70. The van der Waals surface area contributed by atoms with Crippen LogP contribution in [0.25, 0.3) is 0 Å². The summed E-state index contributed by atoms with van der Waals surface area (Å²) < 4.78 is 0. The number of amides is 3. The Morgan fingerprint density at radius 1 is 1.00 bits per heavy atom. The zero-order valence-corrected chi connectivity index (χ0v) is 13.6. The highest BCUT2D eigenvalue weighted by atomic mass is 16.2. The summed E-state index contributed by atoms with van der Waals surface area (Å²) >= 11 is 0. The topological polar surface area (TPSA) is 70.2 Å². The SMILES string of the molecule is CC1=C(C(=O)Nc2ccccc2)[C@H](c2ccccc2C)NC(=O)N1. The third kappa shape index (κ3) is 3.15. The molecule has 0 saturated heterocycles. The van der Waals surface area contributed by atoms with Crippen LogP contribution in [-0.2, 0) is 4.79 Å². The van der Waals surface area contributed by atoms with Crippen LogP contribution < -0.4 is 16.0 Å². The Balaban J connectivity index is 1.98. The predicted octanol–water partition coefficient (Wildman–Crippen LogP) is 3.26. The third-order valence-electron chi connectivity index (χ3n) is 4.04. The van der Waals surface area contributed by atoms with Crippen molar-refractivity contribution in [2.75, 3.05) is 5.32 Å². The number of aryl methyl sites for hydroxylation is 1. The van der Waals surface area contributed by atoms with Crippen molar-refractivity contribution in [1.29, 1.82) is 0 Å². The van der Waals surface area contributed by atoms with E-state index in [1.54, 1.807) is 6.92 Å². The van der Waals surface area contributed by atoms with Crippen LogP contribution in [0.3, 0.4) is 0 Å². The minimum Gasteiger partial charge on any atom is -0.327 e. The maximum Gasteiger partial charge on any atom is 0.319 e. The van der Waals surface area contributed by atoms with Crippen LogP contribution in [0.4, 0.5) is 10.5 Å². The third-order valence-corrected chi connectivity index (χ3v) is 4.04. The second-order valence-electron chi connectivity index (χ2n) is 5.75. The quantitative estimate of drug-likeness (QED) is 0.812. The van der Waals surface area contributed by atoms with Crippen molar-refractivity contribution in [3.05, 3.63) is 77.0 Å². The molecule has 0 spiro atoms. The summed E-state index contributed by atoms with van der Waals surface area (Å²) in [6.07, 6.45) is 0. The lowest BCUT2D eigenvalue weighted by Crippen LogP contribution is -2.46. The van der Waals surface area contributed by atoms with Crippen LogP contribution in [-0.4, -0.2) is 11.9 Å². The molecular weight excluding hydrogens is 302 g/mol. The minimum absolute atomic E-state index is 0.237. The number of carbonyl (C=O) groups is 2. The fraction of sp³-hybridized carbons (Fsp3) is 0.158. The van der Waals surface area contributed by atoms with E-state index in [-0.39, 0.29) is 11.9 Å². The summed E-state index contributed by atoms with van der Waals surface area (Å²) in [7, 11) is 0. The van der Waals surface area contributed by atoms with Gasteiger partial charge in [-0.1, -0.05) is 42.5 Å². The van der Waals surface area contributed by atoms with Crippen LogP contribution >= 0.6 is 0 Å². The Morgan fingerprint density at radius 2 is 1.67 bits per heavy atom. The lowest BCUT2D eigenvalue weighted by atomic mass is 9.92. The lowest BCUT2D eigenvalue weighted by Gasteiger charge is -2.29. The second kappa shape index (κ2) is 6.58. The number of rotatable bonds is 3. The molecule has 122 valence electrons. The van der Waals surface area contributed by atoms with Crippen LogP contribution in [0.15, 0.2) is 65.9 Å². The molecule has 3 rings (SSSR count). The molecule has 0 aliphatic carbocycles. The number of urea groups is 1. The van der Waals surface area contributed by atoms with Gasteiger partial charge in [-0.15, -0.1) is 0 Å². The standard InChI is InChI=1S/C19H19N3O2/c1-12-8-6-7-11-15(12)17-16(13(2)20-19(24)22-17)18(23)21-14-9-4-3-5-10-14/h3-11,17H,1-2H3,(H,21,23)(H2,20,22,24)/t17-/m0/s1. The smallest absolute Gasteiger partial charge is 0.319 e. The fourth-order valence-corrected chi connectivity index (χ4v) is 2.86. The van der Waals surface area contributed by atoms with Gasteiger partial charge in [-0.25, -0.2) is 4.79 Å². The predicted molar refractivity (Wildman–Crippen MR) is 93.4 cm³/mol. The van der Waals surface area contributed by atoms with Crippen LogP contribution in [0.1, 0.15) is 24.1 Å². The van der Waals surface area contributed by atoms with Gasteiger partial charge < -0.3 is 16.0 Å². The Kier molecular flexibility index (Phi) is 4.33. The van der Waals surface area contributed by atoms with E-state index >= 15 is 0 Å². The van der Waals surface area contributed by atoms with E-state index in [1.165, 1.54) is 0 Å². The maximum absolute atomic E-state index is 12.8. The summed E-state index contributed by atoms with van der Waals surface area (Å²) in [5.74, 6) is -0.237. The largest absolute Gasteiger partial charge is 0.327 e. The molecule has 1 heterocycles. The number of anilines is 1. The highest BCUT2D eigenvalue weighted by molar-refractivity contribution is 6.06. The molecule has 0 aromatic heterocycles. The van der Waals surface area contributed by atoms with E-state index in [9.17, 15) is 9.59 Å². The Labute approximate surface area is 140 Å². The highest BCUT2D eigenvalue weighted by Crippen LogP contribution is 2.29. The number of carbonyl (C=O) groups excluding carboxylic acids is 2. The number of nitrogens with one attached hydrogen (secondary N) is 3. The molecule has 1 atom stereocenters. The first-order valence-electron chi connectivity index (χ1n) is 7.76. The summed E-state index contributed by atoms with van der Waals surface area (Å²) in [5, 5.41) is 8.42. The molecule has 5 nitrogen and oxygen atoms in total. The molecule has 5 heteroatoms. The van der Waals surface area contributed by atoms with E-state index < -0.39 is 6.04 Å². The minimum atomic E-state index is -0.483. The molecule has 0 bridgehead atoms. The van der Waals surface area contributed by atoms with Crippen molar-refractivity contribution in [3.8, 4) is 0 Å². The van der Waals surface area contributed by atoms with Crippen molar-refractivity contribution in [1.82, 2.24) is 10.6 Å². The Bertz CT molecular complexity index is 812. The van der Waals surface area contributed by atoms with E-state index in [2.05, 4.69) is 16.0 Å². The van der Waals surface area contributed by atoms with Crippen LogP contribution in [0, 0.1) is 6.92 Å². The highest BCUT2D eigenvalue weighted by Gasteiger charge is 2.31. The van der Waals surface area contributed by atoms with Gasteiger partial charge >= 0.3 is 6.03 Å². The molecule has 24 heavy (non-hydrogen) atoms. The van der Waals surface area contributed by atoms with Crippen molar-refractivity contribution in [2.24, 2.45) is 0 Å². The molecule has 0 saturated carbocycles. The fourth-order valence-electron chi connectivity index (χ4n) is 2.86. The van der Waals surface area contributed by atoms with E-state index in [0.717, 1.165) is 11.1 Å². The van der Waals surface area contributed by atoms with Gasteiger partial charge in [-0.05, 0) is 37.1 Å². The molecule has 3 N–H and O–H groups in total. The maximum atomic E-state index is 12.8. The average molecular weight is 321 g/mol. The van der Waals surface area contributed by atoms with Gasteiger partial charge in [0.15, 0.2) is 0 Å². The van der Waals surface area contributed by atoms with Crippen LogP contribution in [0.2, 0.25) is 0 Å². The molecule has 0 unspecified atom stereocenters. The van der Waals surface area contributed by atoms with Crippen molar-refractivity contribution < 1.29 is 9.59 Å². The Hall–Kier alpha value is -3.08. The summed E-state index contributed by atoms with van der Waals surface area (Å²) in [4.78, 5) is 24.7. The molecular formula is C19H19N3O2. The van der Waals surface area contributed by atoms with Gasteiger partial charge in [-0.3, -0.25) is 4.79 Å². The lowest BCUT2D eigenvalue weighted by molar-refractivity contribution is -0.113. The zero-order chi connectivity index (χ0) is 17.1. The average Bonchev–Trinajstić information content (AvgIpc) is 2.55. The van der Waals surface area contributed by atoms with Gasteiger partial charge in [0, 0.05) is 11.4 Å². The Morgan fingerprint density at radius 3 is 2.38 bits per heavy atom.